The zero-order valence-electron chi connectivity index (χ0n) is 14.4. The SMILES string of the molecule is CCOc1ccc(NC(=O)NCCOc2ccc(C)c(C)c2)cc1. The number of anilines is 1. The lowest BCUT2D eigenvalue weighted by Crippen LogP contribution is -2.32. The topological polar surface area (TPSA) is 59.6 Å². The van der Waals surface area contributed by atoms with Crippen LogP contribution >= 0.6 is 0 Å². The lowest BCUT2D eigenvalue weighted by Gasteiger charge is -2.10. The number of aryl methyl sites for hydroxylation is 2. The van der Waals surface area contributed by atoms with Crippen molar-refractivity contribution in [3.05, 3.63) is 53.6 Å². The highest BCUT2D eigenvalue weighted by Gasteiger charge is 2.02. The highest BCUT2D eigenvalue weighted by molar-refractivity contribution is 5.89. The van der Waals surface area contributed by atoms with Gasteiger partial charge in [-0.1, -0.05) is 6.07 Å². The summed E-state index contributed by atoms with van der Waals surface area (Å²) >= 11 is 0. The molecule has 0 aliphatic carbocycles. The molecule has 0 spiro atoms. The number of amides is 2. The van der Waals surface area contributed by atoms with Gasteiger partial charge in [0, 0.05) is 5.69 Å². The fourth-order valence-electron chi connectivity index (χ4n) is 2.11. The third-order valence-electron chi connectivity index (χ3n) is 3.56. The summed E-state index contributed by atoms with van der Waals surface area (Å²) < 4.78 is 11.0. The Hall–Kier alpha value is -2.69. The van der Waals surface area contributed by atoms with Gasteiger partial charge in [0.05, 0.1) is 13.2 Å². The van der Waals surface area contributed by atoms with Crippen LogP contribution < -0.4 is 20.1 Å². The molecule has 5 nitrogen and oxygen atoms in total. The molecule has 5 heteroatoms. The Bertz CT molecular complexity index is 669. The van der Waals surface area contributed by atoms with Crippen molar-refractivity contribution in [1.82, 2.24) is 5.32 Å². The van der Waals surface area contributed by atoms with Crippen LogP contribution in [0.25, 0.3) is 0 Å². The largest absolute Gasteiger partial charge is 0.494 e. The van der Waals surface area contributed by atoms with E-state index in [-0.39, 0.29) is 6.03 Å². The first-order valence-corrected chi connectivity index (χ1v) is 8.06. The molecular weight excluding hydrogens is 304 g/mol. The summed E-state index contributed by atoms with van der Waals surface area (Å²) in [6.45, 7) is 7.50. The van der Waals surface area contributed by atoms with Gasteiger partial charge in [-0.05, 0) is 68.3 Å². The fourth-order valence-corrected chi connectivity index (χ4v) is 2.11. The quantitative estimate of drug-likeness (QED) is 0.758. The van der Waals surface area contributed by atoms with E-state index >= 15 is 0 Å². The summed E-state index contributed by atoms with van der Waals surface area (Å²) in [5.41, 5.74) is 3.13. The van der Waals surface area contributed by atoms with Crippen molar-refractivity contribution in [2.45, 2.75) is 20.8 Å². The number of nitrogens with one attached hydrogen (secondary N) is 2. The fraction of sp³-hybridized carbons (Fsp3) is 0.316. The van der Waals surface area contributed by atoms with Gasteiger partial charge >= 0.3 is 6.03 Å². The predicted octanol–water partition coefficient (Wildman–Crippen LogP) is 3.90. The molecule has 0 bridgehead atoms. The van der Waals surface area contributed by atoms with Crippen LogP contribution in [-0.2, 0) is 0 Å². The van der Waals surface area contributed by atoms with Crippen LogP contribution in [0.5, 0.6) is 11.5 Å². The van der Waals surface area contributed by atoms with Crippen LogP contribution in [0.3, 0.4) is 0 Å². The minimum atomic E-state index is -0.261. The zero-order valence-corrected chi connectivity index (χ0v) is 14.4. The van der Waals surface area contributed by atoms with E-state index in [4.69, 9.17) is 9.47 Å². The third kappa shape index (κ3) is 5.50. The maximum Gasteiger partial charge on any atom is 0.319 e. The average Bonchev–Trinajstić information content (AvgIpc) is 2.57. The maximum atomic E-state index is 11.8. The maximum absolute atomic E-state index is 11.8. The number of rotatable bonds is 7. The number of urea groups is 1. The van der Waals surface area contributed by atoms with E-state index in [1.165, 1.54) is 11.1 Å². The number of hydrogen-bond acceptors (Lipinski definition) is 3. The van der Waals surface area contributed by atoms with Crippen LogP contribution in [0.4, 0.5) is 10.5 Å². The van der Waals surface area contributed by atoms with Crippen molar-refractivity contribution in [3.63, 3.8) is 0 Å². The van der Waals surface area contributed by atoms with E-state index in [1.54, 1.807) is 12.1 Å². The molecule has 2 rings (SSSR count). The van der Waals surface area contributed by atoms with E-state index < -0.39 is 0 Å². The number of carbonyl (C=O) groups is 1. The van der Waals surface area contributed by atoms with Gasteiger partial charge < -0.3 is 20.1 Å². The van der Waals surface area contributed by atoms with Gasteiger partial charge in [0.2, 0.25) is 0 Å². The Balaban J connectivity index is 1.70. The number of carbonyl (C=O) groups excluding carboxylic acids is 1. The summed E-state index contributed by atoms with van der Waals surface area (Å²) in [4.78, 5) is 11.8. The van der Waals surface area contributed by atoms with Crippen LogP contribution in [-0.4, -0.2) is 25.8 Å². The Kier molecular flexibility index (Phi) is 6.49. The molecule has 0 atom stereocenters. The minimum absolute atomic E-state index is 0.261. The first kappa shape index (κ1) is 17.7. The smallest absolute Gasteiger partial charge is 0.319 e. The molecule has 0 aromatic heterocycles. The molecule has 128 valence electrons. The molecule has 2 aromatic carbocycles. The van der Waals surface area contributed by atoms with Crippen molar-refractivity contribution in [3.8, 4) is 11.5 Å². The Morgan fingerprint density at radius 3 is 2.33 bits per heavy atom. The van der Waals surface area contributed by atoms with E-state index in [2.05, 4.69) is 17.6 Å². The Morgan fingerprint density at radius 1 is 0.958 bits per heavy atom. The lowest BCUT2D eigenvalue weighted by molar-refractivity contribution is 0.247. The van der Waals surface area contributed by atoms with Crippen LogP contribution in [0, 0.1) is 13.8 Å². The molecule has 2 amide bonds. The molecule has 0 radical (unpaired) electrons. The lowest BCUT2D eigenvalue weighted by atomic mass is 10.1. The van der Waals surface area contributed by atoms with Crippen molar-refractivity contribution in [2.75, 3.05) is 25.1 Å². The molecule has 0 unspecified atom stereocenters. The van der Waals surface area contributed by atoms with Gasteiger partial charge in [-0.2, -0.15) is 0 Å². The molecule has 0 aliphatic heterocycles. The molecule has 0 heterocycles. The monoisotopic (exact) mass is 328 g/mol. The molecule has 0 saturated heterocycles. The van der Waals surface area contributed by atoms with Crippen LogP contribution in [0.2, 0.25) is 0 Å². The summed E-state index contributed by atoms with van der Waals surface area (Å²) in [5.74, 6) is 1.59. The second-order valence-electron chi connectivity index (χ2n) is 5.43. The first-order valence-electron chi connectivity index (χ1n) is 8.06. The van der Waals surface area contributed by atoms with Crippen molar-refractivity contribution >= 4 is 11.7 Å². The molecule has 2 N–H and O–H groups in total. The van der Waals surface area contributed by atoms with Crippen LogP contribution in [0.1, 0.15) is 18.1 Å². The van der Waals surface area contributed by atoms with E-state index in [0.29, 0.717) is 25.4 Å². The molecule has 2 aromatic rings. The number of hydrogen-bond donors (Lipinski definition) is 2. The average molecular weight is 328 g/mol. The molecule has 0 saturated carbocycles. The Morgan fingerprint density at radius 2 is 1.67 bits per heavy atom. The molecule has 0 aliphatic rings. The van der Waals surface area contributed by atoms with Gasteiger partial charge in [0.15, 0.2) is 0 Å². The second kappa shape index (κ2) is 8.82. The van der Waals surface area contributed by atoms with Gasteiger partial charge in [-0.25, -0.2) is 4.79 Å². The van der Waals surface area contributed by atoms with E-state index in [9.17, 15) is 4.79 Å². The van der Waals surface area contributed by atoms with E-state index in [0.717, 1.165) is 11.5 Å². The molecule has 0 fully saturated rings. The van der Waals surface area contributed by atoms with Gasteiger partial charge in [-0.15, -0.1) is 0 Å². The standard InChI is InChI=1S/C19H24N2O3/c1-4-23-17-9-6-16(7-10-17)21-19(22)20-11-12-24-18-8-5-14(2)15(3)13-18/h5-10,13H,4,11-12H2,1-3H3,(H2,20,21,22). The normalized spacial score (nSPS) is 10.1. The summed E-state index contributed by atoms with van der Waals surface area (Å²) in [6.07, 6.45) is 0. The molecule has 24 heavy (non-hydrogen) atoms. The van der Waals surface area contributed by atoms with Crippen molar-refractivity contribution in [2.24, 2.45) is 0 Å². The van der Waals surface area contributed by atoms with Crippen molar-refractivity contribution < 1.29 is 14.3 Å². The number of benzene rings is 2. The summed E-state index contributed by atoms with van der Waals surface area (Å²) in [6, 6.07) is 12.9. The summed E-state index contributed by atoms with van der Waals surface area (Å²) in [7, 11) is 0. The van der Waals surface area contributed by atoms with Gasteiger partial charge in [-0.3, -0.25) is 0 Å². The predicted molar refractivity (Wildman–Crippen MR) is 96.0 cm³/mol. The minimum Gasteiger partial charge on any atom is -0.494 e. The summed E-state index contributed by atoms with van der Waals surface area (Å²) in [5, 5.41) is 5.53. The van der Waals surface area contributed by atoms with E-state index in [1.807, 2.05) is 44.2 Å². The highest BCUT2D eigenvalue weighted by Crippen LogP contribution is 2.16. The molecular formula is C19H24N2O3. The number of ether oxygens (including phenoxy) is 2. The highest BCUT2D eigenvalue weighted by atomic mass is 16.5. The van der Waals surface area contributed by atoms with Crippen LogP contribution in [0.15, 0.2) is 42.5 Å². The van der Waals surface area contributed by atoms with Gasteiger partial charge in [0.25, 0.3) is 0 Å². The third-order valence-corrected chi connectivity index (χ3v) is 3.56. The Labute approximate surface area is 143 Å². The van der Waals surface area contributed by atoms with Crippen molar-refractivity contribution in [1.29, 1.82) is 0 Å². The second-order valence-corrected chi connectivity index (χ2v) is 5.43. The first-order chi connectivity index (χ1) is 11.6. The van der Waals surface area contributed by atoms with Gasteiger partial charge in [0.1, 0.15) is 18.1 Å². The zero-order chi connectivity index (χ0) is 17.4.